The zero-order valence-corrected chi connectivity index (χ0v) is 10.9. The number of nitrogens with zero attached hydrogens (tertiary/aromatic N) is 2. The molecule has 2 saturated carbocycles. The second kappa shape index (κ2) is 4.45. The highest BCUT2D eigenvalue weighted by Crippen LogP contribution is 2.49. The first-order valence-corrected chi connectivity index (χ1v) is 6.92. The van der Waals surface area contributed by atoms with E-state index in [1.807, 2.05) is 17.9 Å². The van der Waals surface area contributed by atoms with Gasteiger partial charge in [0, 0.05) is 25.7 Å². The summed E-state index contributed by atoms with van der Waals surface area (Å²) in [6.07, 6.45) is 9.03. The van der Waals surface area contributed by atoms with Crippen molar-refractivity contribution in [1.29, 1.82) is 0 Å². The molecule has 3 rings (SSSR count). The summed E-state index contributed by atoms with van der Waals surface area (Å²) in [6, 6.07) is 2.78. The minimum Gasteiger partial charge on any atom is -0.316 e. The standard InChI is InChI=1S/C14H23N3/c1-15-14(9-12-5-6-17(2)16-12)13-8-10-3-4-11(13)7-10/h5-6,10-11,13-15H,3-4,7-9H2,1-2H3. The zero-order valence-electron chi connectivity index (χ0n) is 10.9. The van der Waals surface area contributed by atoms with Crippen molar-refractivity contribution < 1.29 is 0 Å². The van der Waals surface area contributed by atoms with Crippen LogP contribution in [-0.4, -0.2) is 22.9 Å². The fourth-order valence-electron chi connectivity index (χ4n) is 4.05. The average Bonchev–Trinajstić information content (AvgIpc) is 3.01. The summed E-state index contributed by atoms with van der Waals surface area (Å²) < 4.78 is 1.91. The topological polar surface area (TPSA) is 29.9 Å². The normalized spacial score (nSPS) is 33.2. The van der Waals surface area contributed by atoms with Gasteiger partial charge in [0.1, 0.15) is 0 Å². The lowest BCUT2D eigenvalue weighted by atomic mass is 9.81. The molecule has 17 heavy (non-hydrogen) atoms. The lowest BCUT2D eigenvalue weighted by Gasteiger charge is -2.29. The van der Waals surface area contributed by atoms with Gasteiger partial charge in [-0.3, -0.25) is 4.68 Å². The monoisotopic (exact) mass is 233 g/mol. The lowest BCUT2D eigenvalue weighted by molar-refractivity contribution is 0.254. The number of hydrogen-bond acceptors (Lipinski definition) is 2. The number of hydrogen-bond donors (Lipinski definition) is 1. The summed E-state index contributed by atoms with van der Waals surface area (Å²) in [7, 11) is 4.11. The summed E-state index contributed by atoms with van der Waals surface area (Å²) in [5.74, 6) is 2.91. The van der Waals surface area contributed by atoms with E-state index in [2.05, 4.69) is 23.5 Å². The molecule has 0 aromatic carbocycles. The quantitative estimate of drug-likeness (QED) is 0.862. The van der Waals surface area contributed by atoms with Crippen LogP contribution in [0.3, 0.4) is 0 Å². The van der Waals surface area contributed by atoms with Crippen LogP contribution in [0.2, 0.25) is 0 Å². The molecule has 4 unspecified atom stereocenters. The highest BCUT2D eigenvalue weighted by atomic mass is 15.2. The minimum atomic E-state index is 0.625. The molecule has 4 atom stereocenters. The Balaban J connectivity index is 1.67. The van der Waals surface area contributed by atoms with Crippen LogP contribution in [0.4, 0.5) is 0 Å². The molecule has 2 aliphatic carbocycles. The Hall–Kier alpha value is -0.830. The third kappa shape index (κ3) is 2.13. The Kier molecular flexibility index (Phi) is 2.95. The van der Waals surface area contributed by atoms with Crippen molar-refractivity contribution in [1.82, 2.24) is 15.1 Å². The van der Waals surface area contributed by atoms with Crippen LogP contribution in [0.5, 0.6) is 0 Å². The molecule has 3 nitrogen and oxygen atoms in total. The van der Waals surface area contributed by atoms with E-state index in [4.69, 9.17) is 0 Å². The van der Waals surface area contributed by atoms with Gasteiger partial charge in [0.2, 0.25) is 0 Å². The van der Waals surface area contributed by atoms with Gasteiger partial charge in [-0.05, 0) is 50.1 Å². The predicted octanol–water partition coefficient (Wildman–Crippen LogP) is 1.99. The molecule has 1 aromatic rings. The molecular formula is C14H23N3. The van der Waals surface area contributed by atoms with Gasteiger partial charge in [0.05, 0.1) is 5.69 Å². The van der Waals surface area contributed by atoms with Crippen LogP contribution in [0.1, 0.15) is 31.4 Å². The minimum absolute atomic E-state index is 0.625. The zero-order chi connectivity index (χ0) is 11.8. The van der Waals surface area contributed by atoms with Crippen molar-refractivity contribution >= 4 is 0 Å². The van der Waals surface area contributed by atoms with Crippen molar-refractivity contribution in [2.45, 2.75) is 38.1 Å². The summed E-state index contributed by atoms with van der Waals surface area (Å²) in [5.41, 5.74) is 1.23. The van der Waals surface area contributed by atoms with Gasteiger partial charge in [0.15, 0.2) is 0 Å². The molecule has 1 N–H and O–H groups in total. The third-order valence-electron chi connectivity index (χ3n) is 4.88. The SMILES string of the molecule is CNC(Cc1ccn(C)n1)C1CC2CCC1C2. The number of fused-ring (bicyclic) bond motifs is 2. The second-order valence-corrected chi connectivity index (χ2v) is 5.92. The summed E-state index contributed by atoms with van der Waals surface area (Å²) in [6.45, 7) is 0. The highest BCUT2D eigenvalue weighted by Gasteiger charge is 2.42. The Bertz CT molecular complexity index is 385. The molecule has 1 aromatic heterocycles. The van der Waals surface area contributed by atoms with Crippen LogP contribution in [0, 0.1) is 17.8 Å². The van der Waals surface area contributed by atoms with E-state index in [0.29, 0.717) is 6.04 Å². The maximum atomic E-state index is 4.51. The van der Waals surface area contributed by atoms with Crippen molar-refractivity contribution in [2.24, 2.45) is 24.8 Å². The van der Waals surface area contributed by atoms with Gasteiger partial charge in [-0.1, -0.05) is 6.42 Å². The Morgan fingerprint density at radius 1 is 1.47 bits per heavy atom. The van der Waals surface area contributed by atoms with E-state index >= 15 is 0 Å². The van der Waals surface area contributed by atoms with Gasteiger partial charge < -0.3 is 5.32 Å². The van der Waals surface area contributed by atoms with E-state index < -0.39 is 0 Å². The molecule has 0 radical (unpaired) electrons. The van der Waals surface area contributed by atoms with E-state index in [1.165, 1.54) is 31.4 Å². The predicted molar refractivity (Wildman–Crippen MR) is 68.7 cm³/mol. The molecule has 3 heteroatoms. The van der Waals surface area contributed by atoms with E-state index in [1.54, 1.807) is 0 Å². The molecule has 1 heterocycles. The largest absolute Gasteiger partial charge is 0.316 e. The van der Waals surface area contributed by atoms with Gasteiger partial charge >= 0.3 is 0 Å². The van der Waals surface area contributed by atoms with E-state index in [-0.39, 0.29) is 0 Å². The van der Waals surface area contributed by atoms with Gasteiger partial charge in [-0.15, -0.1) is 0 Å². The summed E-state index contributed by atoms with van der Waals surface area (Å²) in [4.78, 5) is 0. The summed E-state index contributed by atoms with van der Waals surface area (Å²) >= 11 is 0. The molecule has 0 spiro atoms. The fourth-order valence-corrected chi connectivity index (χ4v) is 4.05. The Morgan fingerprint density at radius 3 is 2.88 bits per heavy atom. The lowest BCUT2D eigenvalue weighted by Crippen LogP contribution is -2.38. The Morgan fingerprint density at radius 2 is 2.35 bits per heavy atom. The summed E-state index contributed by atoms with van der Waals surface area (Å²) in [5, 5.41) is 8.05. The first-order chi connectivity index (χ1) is 8.26. The third-order valence-corrected chi connectivity index (χ3v) is 4.88. The van der Waals surface area contributed by atoms with Gasteiger partial charge in [-0.25, -0.2) is 0 Å². The first kappa shape index (κ1) is 11.3. The highest BCUT2D eigenvalue weighted by molar-refractivity contribution is 5.04. The smallest absolute Gasteiger partial charge is 0.0640 e. The van der Waals surface area contributed by atoms with Crippen molar-refractivity contribution in [3.8, 4) is 0 Å². The molecular weight excluding hydrogens is 210 g/mol. The maximum Gasteiger partial charge on any atom is 0.0640 e. The number of likely N-dealkylation sites (N-methyl/N-ethyl adjacent to an activating group) is 1. The van der Waals surface area contributed by atoms with Crippen molar-refractivity contribution in [3.05, 3.63) is 18.0 Å². The molecule has 0 saturated heterocycles. The molecule has 2 bridgehead atoms. The molecule has 2 aliphatic rings. The maximum absolute atomic E-state index is 4.51. The second-order valence-electron chi connectivity index (χ2n) is 5.92. The van der Waals surface area contributed by atoms with Crippen LogP contribution in [0.25, 0.3) is 0 Å². The number of aromatic nitrogens is 2. The number of rotatable bonds is 4. The molecule has 0 aliphatic heterocycles. The fraction of sp³-hybridized carbons (Fsp3) is 0.786. The number of aryl methyl sites for hydroxylation is 1. The number of nitrogens with one attached hydrogen (secondary N) is 1. The van der Waals surface area contributed by atoms with E-state index in [0.717, 1.165) is 24.2 Å². The molecule has 2 fully saturated rings. The van der Waals surface area contributed by atoms with Gasteiger partial charge in [0.25, 0.3) is 0 Å². The molecule has 0 amide bonds. The van der Waals surface area contributed by atoms with Gasteiger partial charge in [-0.2, -0.15) is 5.10 Å². The van der Waals surface area contributed by atoms with E-state index in [9.17, 15) is 0 Å². The van der Waals surface area contributed by atoms with Crippen LogP contribution in [0.15, 0.2) is 12.3 Å². The average molecular weight is 233 g/mol. The van der Waals surface area contributed by atoms with Crippen LogP contribution < -0.4 is 5.32 Å². The van der Waals surface area contributed by atoms with Crippen LogP contribution in [-0.2, 0) is 13.5 Å². The van der Waals surface area contributed by atoms with Crippen LogP contribution >= 0.6 is 0 Å². The Labute approximate surface area is 104 Å². The molecule has 94 valence electrons. The first-order valence-electron chi connectivity index (χ1n) is 6.92. The van der Waals surface area contributed by atoms with Crippen molar-refractivity contribution in [3.63, 3.8) is 0 Å². The van der Waals surface area contributed by atoms with Crippen molar-refractivity contribution in [2.75, 3.05) is 7.05 Å².